The molecule has 3 heteroatoms. The van der Waals surface area contributed by atoms with Crippen molar-refractivity contribution >= 4 is 0 Å². The Hall–Kier alpha value is -2.00. The molecule has 0 radical (unpaired) electrons. The largest absolute Gasteiger partial charge is 0.497 e. The fraction of sp³-hybridized carbons (Fsp3) is 0.333. The minimum atomic E-state index is 0.739. The molecule has 0 saturated heterocycles. The highest BCUT2D eigenvalue weighted by Gasteiger charge is 2.19. The lowest BCUT2D eigenvalue weighted by Crippen LogP contribution is -2.14. The molecule has 0 spiro atoms. The van der Waals surface area contributed by atoms with Crippen LogP contribution >= 0.6 is 0 Å². The Kier molecular flexibility index (Phi) is 4.11. The number of benzene rings is 2. The van der Waals surface area contributed by atoms with Crippen LogP contribution in [0.1, 0.15) is 18.4 Å². The molecular weight excluding hydrogens is 262 g/mol. The second kappa shape index (κ2) is 6.19. The predicted molar refractivity (Wildman–Crippen MR) is 84.8 cm³/mol. The first-order valence-corrected chi connectivity index (χ1v) is 7.35. The molecule has 1 saturated carbocycles. The lowest BCUT2D eigenvalue weighted by molar-refractivity contribution is 0.404. The van der Waals surface area contributed by atoms with Crippen LogP contribution in [0.5, 0.6) is 11.5 Å². The van der Waals surface area contributed by atoms with E-state index in [1.165, 1.54) is 18.4 Å². The molecule has 1 aliphatic carbocycles. The summed E-state index contributed by atoms with van der Waals surface area (Å²) in [5, 5.41) is 3.53. The van der Waals surface area contributed by atoms with Gasteiger partial charge in [-0.15, -0.1) is 0 Å². The fourth-order valence-electron chi connectivity index (χ4n) is 2.39. The van der Waals surface area contributed by atoms with E-state index in [0.717, 1.165) is 35.2 Å². The van der Waals surface area contributed by atoms with Gasteiger partial charge in [0.15, 0.2) is 0 Å². The molecule has 0 bridgehead atoms. The van der Waals surface area contributed by atoms with Crippen LogP contribution in [0.2, 0.25) is 0 Å². The SMILES string of the molecule is COc1ccc(OC)c(-c2ccc(CNC3CC3)cc2)c1. The molecule has 110 valence electrons. The molecule has 0 amide bonds. The molecule has 1 aliphatic rings. The number of hydrogen-bond donors (Lipinski definition) is 1. The summed E-state index contributed by atoms with van der Waals surface area (Å²) in [7, 11) is 3.37. The van der Waals surface area contributed by atoms with Gasteiger partial charge in [-0.3, -0.25) is 0 Å². The van der Waals surface area contributed by atoms with Gasteiger partial charge in [0.05, 0.1) is 14.2 Å². The topological polar surface area (TPSA) is 30.5 Å². The summed E-state index contributed by atoms with van der Waals surface area (Å²) < 4.78 is 10.8. The van der Waals surface area contributed by atoms with Crippen molar-refractivity contribution in [2.45, 2.75) is 25.4 Å². The zero-order valence-electron chi connectivity index (χ0n) is 12.6. The highest BCUT2D eigenvalue weighted by atomic mass is 16.5. The van der Waals surface area contributed by atoms with E-state index in [2.05, 4.69) is 29.6 Å². The van der Waals surface area contributed by atoms with E-state index in [1.54, 1.807) is 14.2 Å². The van der Waals surface area contributed by atoms with E-state index < -0.39 is 0 Å². The maximum atomic E-state index is 5.45. The Balaban J connectivity index is 1.81. The predicted octanol–water partition coefficient (Wildman–Crippen LogP) is 3.62. The Morgan fingerprint density at radius 1 is 1.00 bits per heavy atom. The standard InChI is InChI=1S/C18H21NO2/c1-20-16-9-10-18(21-2)17(11-16)14-5-3-13(4-6-14)12-19-15-7-8-15/h3-6,9-11,15,19H,7-8,12H2,1-2H3. The van der Waals surface area contributed by atoms with Crippen molar-refractivity contribution in [1.29, 1.82) is 0 Å². The molecule has 0 aromatic heterocycles. The van der Waals surface area contributed by atoms with Crippen molar-refractivity contribution in [2.75, 3.05) is 14.2 Å². The number of hydrogen-bond acceptors (Lipinski definition) is 3. The van der Waals surface area contributed by atoms with Gasteiger partial charge in [-0.05, 0) is 42.2 Å². The van der Waals surface area contributed by atoms with E-state index in [4.69, 9.17) is 9.47 Å². The minimum Gasteiger partial charge on any atom is -0.497 e. The highest BCUT2D eigenvalue weighted by molar-refractivity contribution is 5.72. The molecule has 0 aliphatic heterocycles. The Labute approximate surface area is 125 Å². The van der Waals surface area contributed by atoms with Gasteiger partial charge in [0, 0.05) is 18.2 Å². The summed E-state index contributed by atoms with van der Waals surface area (Å²) in [5.74, 6) is 1.70. The van der Waals surface area contributed by atoms with Gasteiger partial charge in [-0.25, -0.2) is 0 Å². The van der Waals surface area contributed by atoms with Crippen molar-refractivity contribution in [3.63, 3.8) is 0 Å². The van der Waals surface area contributed by atoms with Gasteiger partial charge < -0.3 is 14.8 Å². The highest BCUT2D eigenvalue weighted by Crippen LogP contribution is 2.33. The van der Waals surface area contributed by atoms with Gasteiger partial charge in [0.1, 0.15) is 11.5 Å². The van der Waals surface area contributed by atoms with Crippen molar-refractivity contribution in [3.8, 4) is 22.6 Å². The van der Waals surface area contributed by atoms with Crippen LogP contribution in [0.25, 0.3) is 11.1 Å². The summed E-state index contributed by atoms with van der Waals surface area (Å²) in [6.07, 6.45) is 2.64. The fourth-order valence-corrected chi connectivity index (χ4v) is 2.39. The zero-order chi connectivity index (χ0) is 14.7. The molecule has 0 unspecified atom stereocenters. The average Bonchev–Trinajstić information content (AvgIpc) is 3.37. The van der Waals surface area contributed by atoms with Crippen LogP contribution in [-0.2, 0) is 6.54 Å². The lowest BCUT2D eigenvalue weighted by Gasteiger charge is -2.11. The van der Waals surface area contributed by atoms with Crippen LogP contribution in [0.4, 0.5) is 0 Å². The molecule has 2 aromatic carbocycles. The Morgan fingerprint density at radius 2 is 1.76 bits per heavy atom. The van der Waals surface area contributed by atoms with Crippen LogP contribution < -0.4 is 14.8 Å². The third kappa shape index (κ3) is 3.37. The van der Waals surface area contributed by atoms with Crippen LogP contribution in [0.15, 0.2) is 42.5 Å². The second-order valence-electron chi connectivity index (χ2n) is 5.42. The first-order valence-electron chi connectivity index (χ1n) is 7.35. The Bertz CT molecular complexity index is 603. The van der Waals surface area contributed by atoms with Crippen molar-refractivity contribution in [2.24, 2.45) is 0 Å². The van der Waals surface area contributed by atoms with E-state index >= 15 is 0 Å². The van der Waals surface area contributed by atoms with Gasteiger partial charge >= 0.3 is 0 Å². The van der Waals surface area contributed by atoms with E-state index in [9.17, 15) is 0 Å². The molecule has 0 heterocycles. The van der Waals surface area contributed by atoms with E-state index in [1.807, 2.05) is 18.2 Å². The summed E-state index contributed by atoms with van der Waals surface area (Å²) >= 11 is 0. The van der Waals surface area contributed by atoms with E-state index in [-0.39, 0.29) is 0 Å². The molecule has 3 nitrogen and oxygen atoms in total. The van der Waals surface area contributed by atoms with Crippen LogP contribution in [0, 0.1) is 0 Å². The maximum absolute atomic E-state index is 5.45. The average molecular weight is 283 g/mol. The number of rotatable bonds is 6. The summed E-state index contributed by atoms with van der Waals surface area (Å²) in [5.41, 5.74) is 3.51. The molecular formula is C18H21NO2. The van der Waals surface area contributed by atoms with Gasteiger partial charge in [0.25, 0.3) is 0 Å². The minimum absolute atomic E-state index is 0.739. The van der Waals surface area contributed by atoms with Gasteiger partial charge in [-0.1, -0.05) is 24.3 Å². The van der Waals surface area contributed by atoms with Gasteiger partial charge in [0.2, 0.25) is 0 Å². The maximum Gasteiger partial charge on any atom is 0.126 e. The number of ether oxygens (including phenoxy) is 2. The Morgan fingerprint density at radius 3 is 2.38 bits per heavy atom. The van der Waals surface area contributed by atoms with Crippen molar-refractivity contribution in [3.05, 3.63) is 48.0 Å². The smallest absolute Gasteiger partial charge is 0.126 e. The van der Waals surface area contributed by atoms with Crippen LogP contribution in [-0.4, -0.2) is 20.3 Å². The van der Waals surface area contributed by atoms with Crippen molar-refractivity contribution in [1.82, 2.24) is 5.32 Å². The zero-order valence-corrected chi connectivity index (χ0v) is 12.6. The lowest BCUT2D eigenvalue weighted by atomic mass is 10.0. The molecule has 0 atom stereocenters. The van der Waals surface area contributed by atoms with Crippen molar-refractivity contribution < 1.29 is 9.47 Å². The molecule has 3 rings (SSSR count). The normalized spacial score (nSPS) is 14.0. The molecule has 2 aromatic rings. The molecule has 21 heavy (non-hydrogen) atoms. The number of methoxy groups -OCH3 is 2. The second-order valence-corrected chi connectivity index (χ2v) is 5.42. The molecule has 1 N–H and O–H groups in total. The molecule has 1 fully saturated rings. The third-order valence-electron chi connectivity index (χ3n) is 3.84. The van der Waals surface area contributed by atoms with E-state index in [0.29, 0.717) is 0 Å². The quantitative estimate of drug-likeness (QED) is 0.878. The summed E-state index contributed by atoms with van der Waals surface area (Å²) in [4.78, 5) is 0. The number of nitrogens with one attached hydrogen (secondary N) is 1. The monoisotopic (exact) mass is 283 g/mol. The van der Waals surface area contributed by atoms with Crippen LogP contribution in [0.3, 0.4) is 0 Å². The first kappa shape index (κ1) is 14.0. The summed E-state index contributed by atoms with van der Waals surface area (Å²) in [6, 6.07) is 15.2. The first-order chi connectivity index (χ1) is 10.3. The third-order valence-corrected chi connectivity index (χ3v) is 3.84. The summed E-state index contributed by atoms with van der Waals surface area (Å²) in [6.45, 7) is 0.945. The van der Waals surface area contributed by atoms with Gasteiger partial charge in [-0.2, -0.15) is 0 Å².